The van der Waals surface area contributed by atoms with Crippen LogP contribution in [0.1, 0.15) is 6.92 Å². The van der Waals surface area contributed by atoms with E-state index in [0.717, 1.165) is 37.6 Å². The van der Waals surface area contributed by atoms with Gasteiger partial charge in [-0.1, -0.05) is 23.7 Å². The molecule has 1 unspecified atom stereocenters. The maximum atomic E-state index is 11.8. The summed E-state index contributed by atoms with van der Waals surface area (Å²) in [5.41, 5.74) is 3.41. The topological polar surface area (TPSA) is 115 Å². The minimum absolute atomic E-state index is 0.308. The van der Waals surface area contributed by atoms with Crippen LogP contribution in [-0.4, -0.2) is 58.6 Å². The molecule has 1 spiro atoms. The fourth-order valence-corrected chi connectivity index (χ4v) is 5.24. The monoisotopic (exact) mass is 529 g/mol. The summed E-state index contributed by atoms with van der Waals surface area (Å²) < 4.78 is 28.5. The van der Waals surface area contributed by atoms with Gasteiger partial charge in [0.05, 0.1) is 30.4 Å². The second-order valence-electron chi connectivity index (χ2n) is 8.93. The van der Waals surface area contributed by atoms with Crippen molar-refractivity contribution < 1.29 is 13.5 Å². The number of para-hydroxylation sites is 2. The zero-order valence-electron chi connectivity index (χ0n) is 20.0. The number of aromatic nitrogens is 2. The predicted octanol–water partition coefficient (Wildman–Crippen LogP) is 4.00. The quantitative estimate of drug-likeness (QED) is 0.305. The minimum atomic E-state index is -2.17. The summed E-state index contributed by atoms with van der Waals surface area (Å²) in [6.07, 6.45) is 1.50. The van der Waals surface area contributed by atoms with Crippen LogP contribution in [0.2, 0.25) is 5.02 Å². The van der Waals surface area contributed by atoms with E-state index in [0.29, 0.717) is 45.9 Å². The van der Waals surface area contributed by atoms with Crippen LogP contribution in [0.15, 0.2) is 48.7 Å². The van der Waals surface area contributed by atoms with Crippen LogP contribution in [0.5, 0.6) is 5.75 Å². The Morgan fingerprint density at radius 1 is 1.22 bits per heavy atom. The van der Waals surface area contributed by atoms with Gasteiger partial charge in [0.25, 0.3) is 11.3 Å². The summed E-state index contributed by atoms with van der Waals surface area (Å²) in [7, 11) is 1.63. The van der Waals surface area contributed by atoms with Gasteiger partial charge in [-0.15, -0.1) is 0 Å². The van der Waals surface area contributed by atoms with E-state index in [9.17, 15) is 8.76 Å². The Morgan fingerprint density at radius 2 is 2.00 bits per heavy atom. The number of hydrogen-bond acceptors (Lipinski definition) is 8. The highest BCUT2D eigenvalue weighted by atomic mass is 35.5. The first-order valence-corrected chi connectivity index (χ1v) is 13.0. The Kier molecular flexibility index (Phi) is 6.89. The van der Waals surface area contributed by atoms with Gasteiger partial charge in [0.15, 0.2) is 5.82 Å². The van der Waals surface area contributed by atoms with Crippen LogP contribution >= 0.6 is 11.6 Å². The number of halogens is 1. The third-order valence-electron chi connectivity index (χ3n) is 6.49. The van der Waals surface area contributed by atoms with Crippen LogP contribution in [0.4, 0.5) is 34.5 Å². The molecule has 2 fully saturated rings. The van der Waals surface area contributed by atoms with Crippen molar-refractivity contribution in [1.29, 1.82) is 0 Å². The molecule has 0 aliphatic carbocycles. The Hall–Kier alpha value is -3.12. The summed E-state index contributed by atoms with van der Waals surface area (Å²) in [5.74, 6) is 1.37. The lowest BCUT2D eigenvalue weighted by Crippen LogP contribution is -2.71. The molecule has 5 rings (SSSR count). The van der Waals surface area contributed by atoms with Crippen LogP contribution < -0.4 is 29.9 Å². The third kappa shape index (κ3) is 4.79. The molecule has 0 saturated carbocycles. The van der Waals surface area contributed by atoms with E-state index in [1.54, 1.807) is 32.2 Å². The lowest BCUT2D eigenvalue weighted by atomic mass is 9.74. The van der Waals surface area contributed by atoms with Crippen LogP contribution in [0.25, 0.3) is 0 Å². The van der Waals surface area contributed by atoms with Gasteiger partial charge in [-0.25, -0.2) is 9.19 Å². The first-order chi connectivity index (χ1) is 17.4. The van der Waals surface area contributed by atoms with Crippen molar-refractivity contribution in [1.82, 2.24) is 15.3 Å². The van der Waals surface area contributed by atoms with Crippen molar-refractivity contribution in [3.05, 3.63) is 53.7 Å². The third-order valence-corrected chi connectivity index (χ3v) is 7.60. The van der Waals surface area contributed by atoms with E-state index in [4.69, 9.17) is 16.3 Å². The fraction of sp³-hybridized carbons (Fsp3) is 0.333. The standard InChI is InChI=1S/C24H28ClN7O3S/c1-3-32(36(33)34)20-7-5-4-6-18(20)28-22-17(25)11-27-23(30-22)29-19-9-8-16(10-21(19)35-2)31-14-24(15-31)12-26-13-24/h4-11,26H,3,12-15H2,1-2H3,(H,33,34)(H2,27,28,29,30). The average molecular weight is 530 g/mol. The second-order valence-corrected chi connectivity index (χ2v) is 10.2. The zero-order chi connectivity index (χ0) is 25.3. The SMILES string of the molecule is CCN(c1ccccc1Nc1nc(Nc2ccc(N3CC4(CNC4)C3)cc2OC)ncc1Cl)S(=O)O. The van der Waals surface area contributed by atoms with E-state index in [1.165, 1.54) is 10.5 Å². The second kappa shape index (κ2) is 10.1. The molecule has 36 heavy (non-hydrogen) atoms. The van der Waals surface area contributed by atoms with Gasteiger partial charge in [0, 0.05) is 49.9 Å². The molecule has 2 aromatic carbocycles. The van der Waals surface area contributed by atoms with E-state index in [-0.39, 0.29) is 0 Å². The highest BCUT2D eigenvalue weighted by molar-refractivity contribution is 7.80. The Bertz CT molecular complexity index is 1280. The van der Waals surface area contributed by atoms with Gasteiger partial charge in [0.2, 0.25) is 5.95 Å². The molecule has 190 valence electrons. The van der Waals surface area contributed by atoms with Crippen molar-refractivity contribution in [3.8, 4) is 5.75 Å². The number of methoxy groups -OCH3 is 1. The Balaban J connectivity index is 1.35. The molecule has 2 saturated heterocycles. The molecule has 1 aromatic heterocycles. The number of benzene rings is 2. The number of anilines is 6. The van der Waals surface area contributed by atoms with Crippen LogP contribution in [-0.2, 0) is 11.3 Å². The Labute approximate surface area is 217 Å². The van der Waals surface area contributed by atoms with E-state index < -0.39 is 11.3 Å². The van der Waals surface area contributed by atoms with Crippen molar-refractivity contribution in [2.75, 3.05) is 59.7 Å². The first kappa shape index (κ1) is 24.6. The summed E-state index contributed by atoms with van der Waals surface area (Å²) in [5, 5.41) is 10.0. The van der Waals surface area contributed by atoms with E-state index in [1.807, 2.05) is 18.2 Å². The molecule has 2 aliphatic heterocycles. The molecule has 0 bridgehead atoms. The molecule has 0 amide bonds. The maximum Gasteiger partial charge on any atom is 0.261 e. The summed E-state index contributed by atoms with van der Waals surface area (Å²) in [4.78, 5) is 11.2. The largest absolute Gasteiger partial charge is 0.494 e. The summed E-state index contributed by atoms with van der Waals surface area (Å²) in [6.45, 7) is 6.41. The number of hydrogen-bond donors (Lipinski definition) is 4. The molecule has 4 N–H and O–H groups in total. The molecule has 0 radical (unpaired) electrons. The van der Waals surface area contributed by atoms with Gasteiger partial charge in [-0.3, -0.25) is 8.86 Å². The molecular formula is C24H28ClN7O3S. The molecule has 12 heteroatoms. The lowest BCUT2D eigenvalue weighted by Gasteiger charge is -2.57. The van der Waals surface area contributed by atoms with Crippen molar-refractivity contribution in [2.24, 2.45) is 5.41 Å². The van der Waals surface area contributed by atoms with Crippen molar-refractivity contribution in [3.63, 3.8) is 0 Å². The number of ether oxygens (including phenoxy) is 1. The van der Waals surface area contributed by atoms with Gasteiger partial charge in [0.1, 0.15) is 10.8 Å². The van der Waals surface area contributed by atoms with Gasteiger partial charge in [-0.2, -0.15) is 4.98 Å². The highest BCUT2D eigenvalue weighted by Crippen LogP contribution is 2.40. The zero-order valence-corrected chi connectivity index (χ0v) is 21.6. The van der Waals surface area contributed by atoms with Gasteiger partial charge >= 0.3 is 0 Å². The summed E-state index contributed by atoms with van der Waals surface area (Å²) in [6, 6.07) is 13.2. The van der Waals surface area contributed by atoms with Crippen molar-refractivity contribution in [2.45, 2.75) is 6.92 Å². The molecule has 2 aliphatic rings. The fourth-order valence-electron chi connectivity index (χ4n) is 4.55. The molecule has 3 aromatic rings. The van der Waals surface area contributed by atoms with Gasteiger partial charge < -0.3 is 25.6 Å². The predicted molar refractivity (Wildman–Crippen MR) is 144 cm³/mol. The number of rotatable bonds is 9. The summed E-state index contributed by atoms with van der Waals surface area (Å²) >= 11 is 4.21. The highest BCUT2D eigenvalue weighted by Gasteiger charge is 2.47. The first-order valence-electron chi connectivity index (χ1n) is 11.6. The smallest absolute Gasteiger partial charge is 0.261 e. The van der Waals surface area contributed by atoms with Crippen LogP contribution in [0.3, 0.4) is 0 Å². The van der Waals surface area contributed by atoms with E-state index >= 15 is 0 Å². The lowest BCUT2D eigenvalue weighted by molar-refractivity contribution is 0.121. The molecule has 3 heterocycles. The molecular weight excluding hydrogens is 502 g/mol. The molecule has 10 nitrogen and oxygen atoms in total. The average Bonchev–Trinajstić information content (AvgIpc) is 2.81. The van der Waals surface area contributed by atoms with Crippen molar-refractivity contribution >= 4 is 57.4 Å². The number of nitrogens with zero attached hydrogens (tertiary/aromatic N) is 4. The maximum absolute atomic E-state index is 11.8. The normalized spacial score (nSPS) is 16.6. The molecule has 1 atom stereocenters. The van der Waals surface area contributed by atoms with Gasteiger partial charge in [-0.05, 0) is 31.2 Å². The Morgan fingerprint density at radius 3 is 2.67 bits per heavy atom. The van der Waals surface area contributed by atoms with Crippen LogP contribution in [0, 0.1) is 5.41 Å². The minimum Gasteiger partial charge on any atom is -0.494 e. The van der Waals surface area contributed by atoms with E-state index in [2.05, 4.69) is 36.9 Å². The number of nitrogens with one attached hydrogen (secondary N) is 3.